The van der Waals surface area contributed by atoms with Crippen LogP contribution in [0, 0.1) is 9.39 Å². The predicted molar refractivity (Wildman–Crippen MR) is 100 cm³/mol. The zero-order valence-electron chi connectivity index (χ0n) is 13.5. The normalized spacial score (nSPS) is 21.9. The van der Waals surface area contributed by atoms with Crippen LogP contribution in [0.4, 0.5) is 4.39 Å². The lowest BCUT2D eigenvalue weighted by Crippen LogP contribution is -2.41. The molecule has 0 aliphatic carbocycles. The molecule has 2 aromatic rings. The number of carbonyl (C=O) groups is 3. The zero-order chi connectivity index (χ0) is 18.4. The van der Waals surface area contributed by atoms with Crippen molar-refractivity contribution in [2.75, 3.05) is 6.54 Å². The SMILES string of the molecule is O=C1N[C@@H](CN2C(=O)c3ccccc3C2=O)CC1c1ccc(I)c(F)c1. The van der Waals surface area contributed by atoms with Gasteiger partial charge < -0.3 is 5.32 Å². The molecule has 7 heteroatoms. The molecule has 2 heterocycles. The number of nitrogens with zero attached hydrogens (tertiary/aromatic N) is 1. The second-order valence-electron chi connectivity index (χ2n) is 6.43. The van der Waals surface area contributed by atoms with E-state index in [2.05, 4.69) is 5.32 Å². The average Bonchev–Trinajstić information content (AvgIpc) is 3.11. The molecule has 2 atom stereocenters. The molecule has 4 rings (SSSR count). The van der Waals surface area contributed by atoms with Gasteiger partial charge in [-0.15, -0.1) is 0 Å². The Balaban J connectivity index is 1.51. The second-order valence-corrected chi connectivity index (χ2v) is 7.60. The Morgan fingerprint density at radius 2 is 1.73 bits per heavy atom. The Bertz CT molecular complexity index is 911. The van der Waals surface area contributed by atoms with Crippen LogP contribution in [0.3, 0.4) is 0 Å². The van der Waals surface area contributed by atoms with Gasteiger partial charge in [-0.2, -0.15) is 0 Å². The lowest BCUT2D eigenvalue weighted by atomic mass is 9.95. The summed E-state index contributed by atoms with van der Waals surface area (Å²) in [5, 5.41) is 2.82. The third-order valence-electron chi connectivity index (χ3n) is 4.81. The Morgan fingerprint density at radius 3 is 2.35 bits per heavy atom. The second kappa shape index (κ2) is 6.46. The fourth-order valence-electron chi connectivity index (χ4n) is 3.51. The summed E-state index contributed by atoms with van der Waals surface area (Å²) in [7, 11) is 0. The van der Waals surface area contributed by atoms with Gasteiger partial charge in [0, 0.05) is 16.2 Å². The highest BCUT2D eigenvalue weighted by molar-refractivity contribution is 14.1. The standard InChI is InChI=1S/C19H14FIN2O3/c20-15-7-10(5-6-16(15)21)14-8-11(22-17(14)24)9-23-18(25)12-3-1-2-4-13(12)19(23)26/h1-7,11,14H,8-9H2,(H,22,24)/t11-,14?/m1/s1. The van der Waals surface area contributed by atoms with Crippen molar-refractivity contribution in [2.24, 2.45) is 0 Å². The number of hydrogen-bond donors (Lipinski definition) is 1. The minimum absolute atomic E-state index is 0.113. The molecular weight excluding hydrogens is 450 g/mol. The number of rotatable bonds is 3. The Morgan fingerprint density at radius 1 is 1.08 bits per heavy atom. The zero-order valence-corrected chi connectivity index (χ0v) is 15.7. The fraction of sp³-hybridized carbons (Fsp3) is 0.211. The molecule has 1 N–H and O–H groups in total. The van der Waals surface area contributed by atoms with Crippen molar-refractivity contribution in [3.05, 3.63) is 68.5 Å². The minimum atomic E-state index is -0.485. The van der Waals surface area contributed by atoms with Crippen molar-refractivity contribution in [3.8, 4) is 0 Å². The van der Waals surface area contributed by atoms with E-state index in [0.29, 0.717) is 26.7 Å². The van der Waals surface area contributed by atoms with E-state index in [0.717, 1.165) is 0 Å². The molecule has 0 spiro atoms. The molecule has 1 fully saturated rings. The van der Waals surface area contributed by atoms with Crippen molar-refractivity contribution >= 4 is 40.3 Å². The first-order chi connectivity index (χ1) is 12.5. The molecule has 132 valence electrons. The van der Waals surface area contributed by atoms with Gasteiger partial charge in [-0.1, -0.05) is 18.2 Å². The van der Waals surface area contributed by atoms with Crippen molar-refractivity contribution in [1.82, 2.24) is 10.2 Å². The van der Waals surface area contributed by atoms with Gasteiger partial charge in [0.1, 0.15) is 5.82 Å². The first kappa shape index (κ1) is 17.1. The van der Waals surface area contributed by atoms with Gasteiger partial charge in [0.05, 0.1) is 17.0 Å². The molecule has 0 bridgehead atoms. The van der Waals surface area contributed by atoms with Gasteiger partial charge in [-0.25, -0.2) is 4.39 Å². The number of amides is 3. The quantitative estimate of drug-likeness (QED) is 0.562. The third-order valence-corrected chi connectivity index (χ3v) is 5.69. The summed E-state index contributed by atoms with van der Waals surface area (Å²) in [5.74, 6) is -1.75. The third kappa shape index (κ3) is 2.80. The monoisotopic (exact) mass is 464 g/mol. The summed E-state index contributed by atoms with van der Waals surface area (Å²) in [6.07, 6.45) is 0.409. The molecule has 2 aliphatic rings. The largest absolute Gasteiger partial charge is 0.351 e. The van der Waals surface area contributed by atoms with Gasteiger partial charge in [-0.3, -0.25) is 19.3 Å². The predicted octanol–water partition coefficient (Wildman–Crippen LogP) is 2.70. The summed E-state index contributed by atoms with van der Waals surface area (Å²) in [4.78, 5) is 38.4. The van der Waals surface area contributed by atoms with Crippen LogP contribution in [0.2, 0.25) is 0 Å². The maximum Gasteiger partial charge on any atom is 0.261 e. The number of nitrogens with one attached hydrogen (secondary N) is 1. The van der Waals surface area contributed by atoms with Crippen molar-refractivity contribution in [1.29, 1.82) is 0 Å². The first-order valence-corrected chi connectivity index (χ1v) is 9.24. The molecule has 1 unspecified atom stereocenters. The summed E-state index contributed by atoms with van der Waals surface area (Å²) in [5.41, 5.74) is 1.38. The van der Waals surface area contributed by atoms with Crippen molar-refractivity contribution in [3.63, 3.8) is 0 Å². The smallest absolute Gasteiger partial charge is 0.261 e. The van der Waals surface area contributed by atoms with E-state index >= 15 is 0 Å². The van der Waals surface area contributed by atoms with E-state index in [-0.39, 0.29) is 36.1 Å². The van der Waals surface area contributed by atoms with Crippen LogP contribution in [-0.2, 0) is 4.79 Å². The Labute approximate surface area is 162 Å². The van der Waals surface area contributed by atoms with E-state index in [1.54, 1.807) is 36.4 Å². The maximum atomic E-state index is 13.8. The molecule has 1 saturated heterocycles. The van der Waals surface area contributed by atoms with Gasteiger partial charge in [0.2, 0.25) is 5.91 Å². The Hall–Kier alpha value is -2.29. The van der Waals surface area contributed by atoms with Gasteiger partial charge >= 0.3 is 0 Å². The molecule has 3 amide bonds. The van der Waals surface area contributed by atoms with Crippen LogP contribution >= 0.6 is 22.6 Å². The van der Waals surface area contributed by atoms with Crippen LogP contribution in [-0.4, -0.2) is 35.2 Å². The molecule has 0 aromatic heterocycles. The molecule has 0 radical (unpaired) electrons. The van der Waals surface area contributed by atoms with Crippen molar-refractivity contribution in [2.45, 2.75) is 18.4 Å². The first-order valence-electron chi connectivity index (χ1n) is 8.16. The number of imide groups is 1. The summed E-state index contributed by atoms with van der Waals surface area (Å²) in [6.45, 7) is 0.113. The van der Waals surface area contributed by atoms with E-state index in [9.17, 15) is 18.8 Å². The number of carbonyl (C=O) groups excluding carboxylic acids is 3. The Kier molecular flexibility index (Phi) is 4.26. The van der Waals surface area contributed by atoms with Crippen LogP contribution in [0.15, 0.2) is 42.5 Å². The lowest BCUT2D eigenvalue weighted by molar-refractivity contribution is -0.120. The number of benzene rings is 2. The van der Waals surface area contributed by atoms with Gasteiger partial charge in [-0.05, 0) is 58.8 Å². The molecule has 26 heavy (non-hydrogen) atoms. The fourth-order valence-corrected chi connectivity index (χ4v) is 3.85. The minimum Gasteiger partial charge on any atom is -0.351 e. The highest BCUT2D eigenvalue weighted by atomic mass is 127. The van der Waals surface area contributed by atoms with Crippen molar-refractivity contribution < 1.29 is 18.8 Å². The van der Waals surface area contributed by atoms with Crippen LogP contribution in [0.25, 0.3) is 0 Å². The lowest BCUT2D eigenvalue weighted by Gasteiger charge is -2.18. The number of hydrogen-bond acceptors (Lipinski definition) is 3. The van der Waals surface area contributed by atoms with Gasteiger partial charge in [0.15, 0.2) is 0 Å². The molecule has 5 nitrogen and oxygen atoms in total. The highest BCUT2D eigenvalue weighted by Gasteiger charge is 2.40. The van der Waals surface area contributed by atoms with Crippen LogP contribution in [0.5, 0.6) is 0 Å². The molecule has 0 saturated carbocycles. The number of halogens is 2. The van der Waals surface area contributed by atoms with Crippen LogP contribution < -0.4 is 5.32 Å². The van der Waals surface area contributed by atoms with E-state index in [4.69, 9.17) is 0 Å². The summed E-state index contributed by atoms with van der Waals surface area (Å²) >= 11 is 1.89. The molecular formula is C19H14FIN2O3. The van der Waals surface area contributed by atoms with E-state index in [1.165, 1.54) is 11.0 Å². The number of fused-ring (bicyclic) bond motifs is 1. The summed E-state index contributed by atoms with van der Waals surface area (Å²) < 4.78 is 14.3. The highest BCUT2D eigenvalue weighted by Crippen LogP contribution is 2.30. The van der Waals surface area contributed by atoms with E-state index in [1.807, 2.05) is 22.6 Å². The van der Waals surface area contributed by atoms with Crippen LogP contribution in [0.1, 0.15) is 38.6 Å². The maximum absolute atomic E-state index is 13.8. The van der Waals surface area contributed by atoms with Gasteiger partial charge in [0.25, 0.3) is 11.8 Å². The summed E-state index contributed by atoms with van der Waals surface area (Å²) in [6, 6.07) is 11.1. The molecule has 2 aliphatic heterocycles. The topological polar surface area (TPSA) is 66.5 Å². The van der Waals surface area contributed by atoms with E-state index < -0.39 is 5.92 Å². The average molecular weight is 464 g/mol. The molecule has 2 aromatic carbocycles.